The maximum absolute atomic E-state index is 15.8. The van der Waals surface area contributed by atoms with Crippen LogP contribution in [0.2, 0.25) is 0 Å². The smallest absolute Gasteiger partial charge is 0.338 e. The third-order valence-electron chi connectivity index (χ3n) is 22.8. The van der Waals surface area contributed by atoms with Gasteiger partial charge < -0.3 is 47.0 Å². The fraction of sp³-hybridized carbons (Fsp3) is 0.157. The number of benzene rings is 15. The van der Waals surface area contributed by atoms with Crippen molar-refractivity contribution < 1.29 is 66.7 Å². The predicted octanol–water partition coefficient (Wildman–Crippen LogP) is 23.0. The molecule has 2 aromatic heterocycles. The van der Waals surface area contributed by atoms with E-state index in [1.165, 1.54) is 43.6 Å². The van der Waals surface area contributed by atoms with Gasteiger partial charge in [-0.15, -0.1) is 0 Å². The minimum absolute atomic E-state index is 0.0693. The Morgan fingerprint density at radius 3 is 0.800 bits per heavy atom. The lowest BCUT2D eigenvalue weighted by Crippen LogP contribution is -2.42. The van der Waals surface area contributed by atoms with Crippen LogP contribution in [0.5, 0.6) is 57.5 Å². The molecule has 0 spiro atoms. The highest BCUT2D eigenvalue weighted by molar-refractivity contribution is 6.45. The van der Waals surface area contributed by atoms with Gasteiger partial charge in [0, 0.05) is 99.8 Å². The van der Waals surface area contributed by atoms with Gasteiger partial charge in [-0.2, -0.15) is 0 Å². The highest BCUT2D eigenvalue weighted by Crippen LogP contribution is 2.58. The minimum atomic E-state index is -0.708. The zero-order valence-electron chi connectivity index (χ0n) is 66.4. The minimum Gasteiger partial charge on any atom is -0.494 e. The number of fused-ring (bicyclic) bond motifs is 8. The van der Waals surface area contributed by atoms with Gasteiger partial charge in [0.1, 0.15) is 70.7 Å². The number of carbonyl (C=O) groups excluding carboxylic acids is 6. The fourth-order valence-electron chi connectivity index (χ4n) is 16.9. The van der Waals surface area contributed by atoms with Crippen LogP contribution in [-0.2, 0) is 22.6 Å². The van der Waals surface area contributed by atoms with Crippen molar-refractivity contribution >= 4 is 122 Å². The highest BCUT2D eigenvalue weighted by Gasteiger charge is 2.42. The molecular weight excluding hydrogens is 1510 g/mol. The van der Waals surface area contributed by atoms with E-state index >= 15 is 19.2 Å². The number of esters is 2. The molecule has 4 amide bonds. The number of hydrogen-bond acceptors (Lipinski definition) is 14. The molecule has 19 rings (SSSR count). The number of unbranched alkanes of at least 4 members (excludes halogenated alkanes) is 2. The van der Waals surface area contributed by atoms with Crippen molar-refractivity contribution in [3.8, 4) is 57.5 Å². The molecule has 2 aliphatic heterocycles. The number of aryl methyl sites for hydroxylation is 6. The first-order valence-electron chi connectivity index (χ1n) is 40.4. The van der Waals surface area contributed by atoms with Crippen molar-refractivity contribution in [2.75, 3.05) is 39.5 Å². The van der Waals surface area contributed by atoms with Crippen molar-refractivity contribution in [2.45, 2.75) is 66.5 Å². The molecule has 0 aliphatic carbocycles. The van der Waals surface area contributed by atoms with Gasteiger partial charge in [-0.1, -0.05) is 144 Å². The third-order valence-corrected chi connectivity index (χ3v) is 22.8. The summed E-state index contributed by atoms with van der Waals surface area (Å²) in [6, 6.07) is 83.2. The van der Waals surface area contributed by atoms with Gasteiger partial charge in [-0.05, 0) is 199 Å². The Balaban J connectivity index is 0.651. The number of ether oxygens (including phenoxy) is 8. The van der Waals surface area contributed by atoms with Gasteiger partial charge in [-0.3, -0.25) is 29.0 Å². The van der Waals surface area contributed by atoms with Crippen molar-refractivity contribution in [1.29, 1.82) is 0 Å². The molecular formula is C102H80N4O14. The van der Waals surface area contributed by atoms with Crippen LogP contribution in [0.1, 0.15) is 110 Å². The topological polar surface area (TPSA) is 193 Å². The standard InChI is InChI=1S/C102H80N4O14/c1-61-25-37-69(38-26-61)117-85-57-77-89-78(98(108)105(97(77)107)51-55-115-101(111)65-33-45-67(46-34-65)113-53-15-13-49-103-81-21-9-5-17-73(81)74-18-6-10-22-82(74)103)59-87(119-71-41-29-63(3)30-42-71)93-94-88(120-72-43-31-64(4)32-44-72)60-80-90-79(58-86(92(96(90)94)91(85)95(89)93)118-70-39-27-62(2)28-40-70)99(109)106(100(80)110)52-56-116-102(112)66-35-47-68(48-36-66)114-54-16-14-50-104-83-23-11-7-19-75(83)76-20-8-12-24-84(76)104/h5-12,17-48,57-60H,13-16,49-56H2,1-4H3. The number of carbonyl (C=O) groups is 6. The van der Waals surface area contributed by atoms with Crippen LogP contribution < -0.4 is 28.4 Å². The summed E-state index contributed by atoms with van der Waals surface area (Å²) in [5.74, 6) is -0.966. The predicted molar refractivity (Wildman–Crippen MR) is 465 cm³/mol. The fourth-order valence-corrected chi connectivity index (χ4v) is 16.9. The maximum Gasteiger partial charge on any atom is 0.338 e. The van der Waals surface area contributed by atoms with E-state index in [4.69, 9.17) is 37.9 Å². The third kappa shape index (κ3) is 14.0. The number of rotatable bonds is 28. The molecule has 0 saturated carbocycles. The van der Waals surface area contributed by atoms with Gasteiger partial charge >= 0.3 is 11.9 Å². The average molecular weight is 1590 g/mol. The van der Waals surface area contributed by atoms with Crippen LogP contribution in [0.25, 0.3) is 86.7 Å². The van der Waals surface area contributed by atoms with Gasteiger partial charge in [-0.25, -0.2) is 9.59 Å². The highest BCUT2D eigenvalue weighted by atomic mass is 16.5. The van der Waals surface area contributed by atoms with E-state index in [0.29, 0.717) is 80.0 Å². The van der Waals surface area contributed by atoms with E-state index in [2.05, 4.69) is 106 Å². The first-order chi connectivity index (χ1) is 58.6. The van der Waals surface area contributed by atoms with Crippen molar-refractivity contribution in [2.24, 2.45) is 0 Å². The zero-order chi connectivity index (χ0) is 81.8. The van der Waals surface area contributed by atoms with Crippen molar-refractivity contribution in [3.63, 3.8) is 0 Å². The number of nitrogens with zero attached hydrogens (tertiary/aromatic N) is 4. The molecule has 0 fully saturated rings. The van der Waals surface area contributed by atoms with Crippen LogP contribution in [0, 0.1) is 27.7 Å². The Morgan fingerprint density at radius 2 is 0.525 bits per heavy atom. The molecule has 0 unspecified atom stereocenters. The molecule has 0 N–H and O–H groups in total. The second-order valence-corrected chi connectivity index (χ2v) is 30.7. The molecule has 0 atom stereocenters. The number of hydrogen-bond donors (Lipinski definition) is 0. The Bertz CT molecular complexity index is 6210. The van der Waals surface area contributed by atoms with Gasteiger partial charge in [0.05, 0.1) is 59.7 Å². The monoisotopic (exact) mass is 1580 g/mol. The average Bonchev–Trinajstić information content (AvgIpc) is 1.04. The van der Waals surface area contributed by atoms with E-state index < -0.39 is 35.6 Å². The molecule has 120 heavy (non-hydrogen) atoms. The quantitative estimate of drug-likeness (QED) is 0.0148. The maximum atomic E-state index is 15.8. The van der Waals surface area contributed by atoms with E-state index in [1.54, 1.807) is 121 Å². The molecule has 0 radical (unpaired) electrons. The molecule has 17 aromatic rings. The summed E-state index contributed by atoms with van der Waals surface area (Å²) >= 11 is 0. The summed E-state index contributed by atoms with van der Waals surface area (Å²) in [4.78, 5) is 93.4. The molecule has 0 bridgehead atoms. The molecule has 15 aromatic carbocycles. The van der Waals surface area contributed by atoms with Crippen LogP contribution in [0.15, 0.2) is 267 Å². The lowest BCUT2D eigenvalue weighted by molar-refractivity contribution is 0.0405. The SMILES string of the molecule is Cc1ccc(Oc2cc3c4c(cc(Oc5ccc(C)cc5)c5c6c(Oc7ccc(C)cc7)cc7c8c(cc(Oc9ccc(C)cc9)c(c2c45)c86)C(=O)N(CCOC(=O)c2ccc(OCCCCn4c5ccccc5c5ccccc54)cc2)C7=O)C(=O)N(CCOC(=O)c2ccc(OCCCCn4c5ccccc5c5ccccc54)cc2)C3=O)cc1. The number of para-hydroxylation sites is 4. The lowest BCUT2D eigenvalue weighted by Gasteiger charge is -2.32. The molecule has 2 aliphatic rings. The first-order valence-corrected chi connectivity index (χ1v) is 40.4. The Hall–Kier alpha value is -14.8. The molecule has 4 heterocycles. The number of amides is 4. The summed E-state index contributed by atoms with van der Waals surface area (Å²) in [6.07, 6.45) is 3.36. The normalized spacial score (nSPS) is 12.7. The second kappa shape index (κ2) is 31.7. The molecule has 0 saturated heterocycles. The van der Waals surface area contributed by atoms with Crippen LogP contribution in [-0.4, -0.2) is 94.0 Å². The largest absolute Gasteiger partial charge is 0.494 e. The molecule has 592 valence electrons. The Morgan fingerprint density at radius 1 is 0.267 bits per heavy atom. The van der Waals surface area contributed by atoms with Crippen LogP contribution in [0.3, 0.4) is 0 Å². The van der Waals surface area contributed by atoms with E-state index in [1.807, 2.05) is 76.2 Å². The summed E-state index contributed by atoms with van der Waals surface area (Å²) in [7, 11) is 0. The molecule has 18 nitrogen and oxygen atoms in total. The molecule has 18 heteroatoms. The van der Waals surface area contributed by atoms with Crippen molar-refractivity contribution in [1.82, 2.24) is 18.9 Å². The summed E-state index contributed by atoms with van der Waals surface area (Å²) < 4.78 is 57.4. The van der Waals surface area contributed by atoms with Crippen LogP contribution >= 0.6 is 0 Å². The van der Waals surface area contributed by atoms with Gasteiger partial charge in [0.2, 0.25) is 0 Å². The zero-order valence-corrected chi connectivity index (χ0v) is 66.4. The summed E-state index contributed by atoms with van der Waals surface area (Å²) in [6.45, 7) is 8.96. The van der Waals surface area contributed by atoms with E-state index in [0.717, 1.165) is 70.8 Å². The van der Waals surface area contributed by atoms with E-state index in [9.17, 15) is 9.59 Å². The number of aromatic nitrogens is 2. The Labute approximate surface area is 690 Å². The first kappa shape index (κ1) is 75.3. The van der Waals surface area contributed by atoms with E-state index in [-0.39, 0.29) is 93.5 Å². The second-order valence-electron chi connectivity index (χ2n) is 30.7. The lowest BCUT2D eigenvalue weighted by atomic mass is 9.80. The van der Waals surface area contributed by atoms with Gasteiger partial charge in [0.15, 0.2) is 0 Å². The Kier molecular flexibility index (Phi) is 19.9. The van der Waals surface area contributed by atoms with Crippen molar-refractivity contribution in [3.05, 3.63) is 323 Å². The number of imide groups is 2. The summed E-state index contributed by atoms with van der Waals surface area (Å²) in [5, 5.41) is 7.35. The van der Waals surface area contributed by atoms with Crippen LogP contribution in [0.4, 0.5) is 0 Å². The summed E-state index contributed by atoms with van der Waals surface area (Å²) in [5.41, 5.74) is 9.33. The van der Waals surface area contributed by atoms with Gasteiger partial charge in [0.25, 0.3) is 23.6 Å².